The highest BCUT2D eigenvalue weighted by Crippen LogP contribution is 2.29. The molecule has 1 fully saturated rings. The number of benzene rings is 2. The number of aromatic nitrogens is 1. The Balaban J connectivity index is 1.43. The van der Waals surface area contributed by atoms with E-state index in [4.69, 9.17) is 4.74 Å². The van der Waals surface area contributed by atoms with Crippen molar-refractivity contribution in [2.75, 3.05) is 59.5 Å². The van der Waals surface area contributed by atoms with Gasteiger partial charge in [-0.2, -0.15) is 0 Å². The maximum atomic E-state index is 13.9. The van der Waals surface area contributed by atoms with Gasteiger partial charge in [0, 0.05) is 55.9 Å². The summed E-state index contributed by atoms with van der Waals surface area (Å²) in [6, 6.07) is 14.9. The number of aryl methyl sites for hydroxylation is 2. The van der Waals surface area contributed by atoms with Gasteiger partial charge < -0.3 is 19.1 Å². The van der Waals surface area contributed by atoms with Gasteiger partial charge in [-0.25, -0.2) is 0 Å². The molecule has 1 aliphatic rings. The van der Waals surface area contributed by atoms with Crippen molar-refractivity contribution < 1.29 is 9.53 Å². The lowest BCUT2D eigenvalue weighted by molar-refractivity contribution is 0.0639. The van der Waals surface area contributed by atoms with Crippen molar-refractivity contribution in [3.8, 4) is 5.75 Å². The van der Waals surface area contributed by atoms with Crippen molar-refractivity contribution in [1.82, 2.24) is 19.3 Å². The Morgan fingerprint density at radius 2 is 1.73 bits per heavy atom. The zero-order valence-corrected chi connectivity index (χ0v) is 23.4. The highest BCUT2D eigenvalue weighted by molar-refractivity contribution is 6.08. The van der Waals surface area contributed by atoms with Gasteiger partial charge in [-0.05, 0) is 76.2 Å². The molecule has 2 aromatic carbocycles. The minimum absolute atomic E-state index is 0.183. The van der Waals surface area contributed by atoms with Gasteiger partial charge in [-0.3, -0.25) is 9.69 Å². The number of amides is 1. The van der Waals surface area contributed by atoms with Gasteiger partial charge in [-0.15, -0.1) is 0 Å². The van der Waals surface area contributed by atoms with Crippen molar-refractivity contribution in [2.45, 2.75) is 47.1 Å². The Morgan fingerprint density at radius 3 is 2.43 bits per heavy atom. The number of carbonyl (C=O) groups is 1. The Hall–Kier alpha value is -2.83. The molecule has 2 heterocycles. The van der Waals surface area contributed by atoms with E-state index in [0.717, 1.165) is 94.1 Å². The lowest BCUT2D eigenvalue weighted by Gasteiger charge is -2.35. The first-order valence-corrected chi connectivity index (χ1v) is 13.9. The SMILES string of the molecule is CCN(CC)CCCn1c(C)c(C(=O)N2CCN(CCc3cccc(OC)c3)CC2)c2cc(C)ccc21. The maximum absolute atomic E-state index is 13.9. The molecule has 3 aromatic rings. The summed E-state index contributed by atoms with van der Waals surface area (Å²) in [5.74, 6) is 1.09. The van der Waals surface area contributed by atoms with Crippen LogP contribution in [0.1, 0.15) is 47.4 Å². The molecule has 0 aliphatic carbocycles. The second-order valence-corrected chi connectivity index (χ2v) is 10.2. The average Bonchev–Trinajstić information content (AvgIpc) is 3.19. The van der Waals surface area contributed by atoms with Crippen molar-refractivity contribution in [2.24, 2.45) is 0 Å². The Bertz CT molecular complexity index is 1190. The summed E-state index contributed by atoms with van der Waals surface area (Å²) in [5, 5.41) is 1.10. The van der Waals surface area contributed by atoms with Crippen LogP contribution in [0.15, 0.2) is 42.5 Å². The predicted octanol–water partition coefficient (Wildman–Crippen LogP) is 5.00. The normalized spacial score (nSPS) is 14.6. The third-order valence-electron chi connectivity index (χ3n) is 7.95. The van der Waals surface area contributed by atoms with Crippen molar-refractivity contribution >= 4 is 16.8 Å². The average molecular weight is 505 g/mol. The number of ether oxygens (including phenoxy) is 1. The van der Waals surface area contributed by atoms with Crippen LogP contribution < -0.4 is 4.74 Å². The summed E-state index contributed by atoms with van der Waals surface area (Å²) in [4.78, 5) is 20.9. The van der Waals surface area contributed by atoms with Crippen LogP contribution in [0, 0.1) is 13.8 Å². The number of carbonyl (C=O) groups excluding carboxylic acids is 1. The minimum atomic E-state index is 0.183. The number of nitrogens with zero attached hydrogens (tertiary/aromatic N) is 4. The number of rotatable bonds is 11. The van der Waals surface area contributed by atoms with E-state index in [9.17, 15) is 4.79 Å². The van der Waals surface area contributed by atoms with Gasteiger partial charge >= 0.3 is 0 Å². The lowest BCUT2D eigenvalue weighted by atomic mass is 10.1. The first kappa shape index (κ1) is 27.2. The van der Waals surface area contributed by atoms with E-state index >= 15 is 0 Å². The van der Waals surface area contributed by atoms with Crippen LogP contribution >= 0.6 is 0 Å². The largest absolute Gasteiger partial charge is 0.497 e. The van der Waals surface area contributed by atoms with Crippen LogP contribution in [-0.4, -0.2) is 84.6 Å². The summed E-state index contributed by atoms with van der Waals surface area (Å²) in [5.41, 5.74) is 5.67. The smallest absolute Gasteiger partial charge is 0.256 e. The molecule has 1 saturated heterocycles. The standard InChI is InChI=1S/C31H44N4O2/c1-6-32(7-2)15-9-16-35-25(4)30(28-22-24(3)12-13-29(28)35)31(36)34-20-18-33(19-21-34)17-14-26-10-8-11-27(23-26)37-5/h8,10-13,22-23H,6-7,9,14-21H2,1-5H3. The molecular weight excluding hydrogens is 460 g/mol. The maximum Gasteiger partial charge on any atom is 0.256 e. The molecule has 6 heteroatoms. The fraction of sp³-hybridized carbons (Fsp3) is 0.516. The van der Waals surface area contributed by atoms with Crippen molar-refractivity contribution in [3.63, 3.8) is 0 Å². The first-order valence-electron chi connectivity index (χ1n) is 13.9. The Kier molecular flexibility index (Phi) is 9.28. The molecule has 6 nitrogen and oxygen atoms in total. The highest BCUT2D eigenvalue weighted by atomic mass is 16.5. The topological polar surface area (TPSA) is 41.0 Å². The summed E-state index contributed by atoms with van der Waals surface area (Å²) < 4.78 is 7.73. The molecule has 1 aromatic heterocycles. The summed E-state index contributed by atoms with van der Waals surface area (Å²) in [7, 11) is 1.71. The molecule has 0 saturated carbocycles. The number of piperazine rings is 1. The molecule has 200 valence electrons. The summed E-state index contributed by atoms with van der Waals surface area (Å²) >= 11 is 0. The molecule has 0 spiro atoms. The number of methoxy groups -OCH3 is 1. The number of fused-ring (bicyclic) bond motifs is 1. The summed E-state index contributed by atoms with van der Waals surface area (Å²) in [6.45, 7) is 17.2. The Labute approximate surface area is 222 Å². The van der Waals surface area contributed by atoms with Crippen LogP contribution in [0.25, 0.3) is 10.9 Å². The van der Waals surface area contributed by atoms with Crippen LogP contribution in [-0.2, 0) is 13.0 Å². The van der Waals surface area contributed by atoms with Gasteiger partial charge in [0.05, 0.1) is 12.7 Å². The number of hydrogen-bond acceptors (Lipinski definition) is 4. The lowest BCUT2D eigenvalue weighted by Crippen LogP contribution is -2.49. The van der Waals surface area contributed by atoms with Crippen molar-refractivity contribution in [1.29, 1.82) is 0 Å². The third-order valence-corrected chi connectivity index (χ3v) is 7.95. The van der Waals surface area contributed by atoms with Gasteiger partial charge in [0.2, 0.25) is 0 Å². The van der Waals surface area contributed by atoms with Crippen LogP contribution in [0.4, 0.5) is 0 Å². The van der Waals surface area contributed by atoms with Gasteiger partial charge in [0.25, 0.3) is 5.91 Å². The molecule has 1 amide bonds. The molecule has 0 radical (unpaired) electrons. The van der Waals surface area contributed by atoms with Crippen LogP contribution in [0.2, 0.25) is 0 Å². The minimum Gasteiger partial charge on any atom is -0.497 e. The van der Waals surface area contributed by atoms with E-state index in [1.165, 1.54) is 16.6 Å². The third kappa shape index (κ3) is 6.36. The van der Waals surface area contributed by atoms with Crippen LogP contribution in [0.5, 0.6) is 5.75 Å². The second kappa shape index (κ2) is 12.6. The van der Waals surface area contributed by atoms with Gasteiger partial charge in [-0.1, -0.05) is 37.6 Å². The molecule has 37 heavy (non-hydrogen) atoms. The quantitative estimate of drug-likeness (QED) is 0.369. The van der Waals surface area contributed by atoms with E-state index < -0.39 is 0 Å². The first-order chi connectivity index (χ1) is 17.9. The molecule has 0 N–H and O–H groups in total. The fourth-order valence-corrected chi connectivity index (χ4v) is 5.59. The molecule has 0 atom stereocenters. The predicted molar refractivity (Wildman–Crippen MR) is 153 cm³/mol. The van der Waals surface area contributed by atoms with E-state index in [-0.39, 0.29) is 5.91 Å². The monoisotopic (exact) mass is 504 g/mol. The van der Waals surface area contributed by atoms with E-state index in [1.54, 1.807) is 7.11 Å². The van der Waals surface area contributed by atoms with E-state index in [0.29, 0.717) is 0 Å². The molecule has 0 unspecified atom stereocenters. The van der Waals surface area contributed by atoms with Gasteiger partial charge in [0.15, 0.2) is 0 Å². The molecule has 0 bridgehead atoms. The molecular formula is C31H44N4O2. The summed E-state index contributed by atoms with van der Waals surface area (Å²) in [6.07, 6.45) is 2.07. The Morgan fingerprint density at radius 1 is 0.973 bits per heavy atom. The fourth-order valence-electron chi connectivity index (χ4n) is 5.59. The van der Waals surface area contributed by atoms with Crippen molar-refractivity contribution in [3.05, 3.63) is 64.8 Å². The zero-order valence-electron chi connectivity index (χ0n) is 23.4. The van der Waals surface area contributed by atoms with E-state index in [1.807, 2.05) is 6.07 Å². The molecule has 1 aliphatic heterocycles. The molecule has 4 rings (SSSR count). The second-order valence-electron chi connectivity index (χ2n) is 10.2. The van der Waals surface area contributed by atoms with E-state index in [2.05, 4.69) is 83.4 Å². The highest BCUT2D eigenvalue weighted by Gasteiger charge is 2.27. The number of hydrogen-bond donors (Lipinski definition) is 0. The van der Waals surface area contributed by atoms with Gasteiger partial charge in [0.1, 0.15) is 5.75 Å². The zero-order chi connectivity index (χ0) is 26.4. The van der Waals surface area contributed by atoms with Crippen LogP contribution in [0.3, 0.4) is 0 Å².